The van der Waals surface area contributed by atoms with Gasteiger partial charge in [-0.2, -0.15) is 0 Å². The van der Waals surface area contributed by atoms with Crippen molar-refractivity contribution in [1.29, 1.82) is 0 Å². The average Bonchev–Trinajstić information content (AvgIpc) is 2.39. The lowest BCUT2D eigenvalue weighted by atomic mass is 9.86. The van der Waals surface area contributed by atoms with Gasteiger partial charge in [0.15, 0.2) is 5.78 Å². The number of amides is 1. The second-order valence-corrected chi connectivity index (χ2v) is 5.78. The van der Waals surface area contributed by atoms with Crippen LogP contribution >= 0.6 is 0 Å². The monoisotopic (exact) mass is 251 g/mol. The molecule has 0 aromatic carbocycles. The zero-order valence-corrected chi connectivity index (χ0v) is 11.3. The maximum atomic E-state index is 12.2. The Labute approximate surface area is 110 Å². The quantitative estimate of drug-likeness (QED) is 0.773. The predicted molar refractivity (Wildman–Crippen MR) is 71.2 cm³/mol. The number of nitrogens with zero attached hydrogens (tertiary/aromatic N) is 1. The van der Waals surface area contributed by atoms with E-state index in [1.807, 2.05) is 4.90 Å². The number of carbonyl (C=O) groups is 2. The summed E-state index contributed by atoms with van der Waals surface area (Å²) in [4.78, 5) is 26.0. The lowest BCUT2D eigenvalue weighted by molar-refractivity contribution is -0.137. The third-order valence-electron chi connectivity index (χ3n) is 4.33. The minimum Gasteiger partial charge on any atom is -0.335 e. The van der Waals surface area contributed by atoms with Gasteiger partial charge in [0.2, 0.25) is 5.91 Å². The topological polar surface area (TPSA) is 37.4 Å². The van der Waals surface area contributed by atoms with Crippen LogP contribution in [0.25, 0.3) is 0 Å². The van der Waals surface area contributed by atoms with Gasteiger partial charge in [0.25, 0.3) is 0 Å². The molecule has 0 radical (unpaired) electrons. The first-order chi connectivity index (χ1) is 8.77. The van der Waals surface area contributed by atoms with Crippen molar-refractivity contribution in [2.24, 2.45) is 5.92 Å². The molecule has 1 aliphatic carbocycles. The maximum absolute atomic E-state index is 12.2. The van der Waals surface area contributed by atoms with Crippen LogP contribution in [0.15, 0.2) is 0 Å². The molecule has 1 amide bonds. The Morgan fingerprint density at radius 1 is 1.00 bits per heavy atom. The van der Waals surface area contributed by atoms with Gasteiger partial charge in [-0.3, -0.25) is 9.59 Å². The summed E-state index contributed by atoms with van der Waals surface area (Å²) in [5.74, 6) is 0.736. The zero-order valence-electron chi connectivity index (χ0n) is 11.3. The Bertz CT molecular complexity index is 295. The Morgan fingerprint density at radius 2 is 1.67 bits per heavy atom. The van der Waals surface area contributed by atoms with E-state index in [1.165, 1.54) is 25.7 Å². The van der Waals surface area contributed by atoms with Crippen LogP contribution in [0.4, 0.5) is 0 Å². The first-order valence-corrected chi connectivity index (χ1v) is 7.58. The molecule has 2 aliphatic rings. The summed E-state index contributed by atoms with van der Waals surface area (Å²) in [6.45, 7) is 1.17. The van der Waals surface area contributed by atoms with E-state index >= 15 is 0 Å². The minimum absolute atomic E-state index is 0.193. The normalized spacial score (nSPS) is 23.6. The summed E-state index contributed by atoms with van der Waals surface area (Å²) in [6, 6.07) is 0. The molecule has 0 N–H and O–H groups in total. The molecular weight excluding hydrogens is 226 g/mol. The molecule has 0 aromatic rings. The number of Topliss-reactive ketones (excluding diaryl/α,β-unsaturated/α-hetero) is 1. The molecule has 0 atom stereocenters. The van der Waals surface area contributed by atoms with Crippen LogP contribution in [-0.4, -0.2) is 29.7 Å². The standard InChI is InChI=1S/C15H25NO2/c17-14(13-8-4-3-5-9-13)12-16-11-7-2-1-6-10-15(16)18/h13H,1-12H2. The van der Waals surface area contributed by atoms with Gasteiger partial charge in [0.1, 0.15) is 0 Å². The number of rotatable bonds is 3. The van der Waals surface area contributed by atoms with Crippen LogP contribution < -0.4 is 0 Å². The van der Waals surface area contributed by atoms with Crippen LogP contribution in [0.5, 0.6) is 0 Å². The number of hydrogen-bond acceptors (Lipinski definition) is 2. The second-order valence-electron chi connectivity index (χ2n) is 5.78. The van der Waals surface area contributed by atoms with E-state index in [0.29, 0.717) is 18.7 Å². The van der Waals surface area contributed by atoms with E-state index in [-0.39, 0.29) is 11.8 Å². The zero-order chi connectivity index (χ0) is 12.8. The first kappa shape index (κ1) is 13.6. The summed E-state index contributed by atoms with van der Waals surface area (Å²) in [6.07, 6.45) is 10.8. The Balaban J connectivity index is 1.85. The van der Waals surface area contributed by atoms with Crippen LogP contribution in [0.1, 0.15) is 64.2 Å². The lowest BCUT2D eigenvalue weighted by Gasteiger charge is -2.27. The Morgan fingerprint density at radius 3 is 2.44 bits per heavy atom. The highest BCUT2D eigenvalue weighted by atomic mass is 16.2. The molecule has 0 aromatic heterocycles. The van der Waals surface area contributed by atoms with E-state index in [2.05, 4.69) is 0 Å². The summed E-state index contributed by atoms with van der Waals surface area (Å²) < 4.78 is 0. The fourth-order valence-corrected chi connectivity index (χ4v) is 3.12. The van der Waals surface area contributed by atoms with Crippen LogP contribution in [0.2, 0.25) is 0 Å². The van der Waals surface area contributed by atoms with Crippen molar-refractivity contribution in [3.05, 3.63) is 0 Å². The van der Waals surface area contributed by atoms with Gasteiger partial charge in [0, 0.05) is 18.9 Å². The van der Waals surface area contributed by atoms with Gasteiger partial charge in [-0.05, 0) is 25.7 Å². The molecule has 3 heteroatoms. The maximum Gasteiger partial charge on any atom is 0.222 e. The van der Waals surface area contributed by atoms with E-state index in [0.717, 1.165) is 38.6 Å². The van der Waals surface area contributed by atoms with Crippen molar-refractivity contribution in [1.82, 2.24) is 4.90 Å². The molecule has 1 aliphatic heterocycles. The smallest absolute Gasteiger partial charge is 0.222 e. The fraction of sp³-hybridized carbons (Fsp3) is 0.867. The number of likely N-dealkylation sites (tertiary alicyclic amines) is 1. The molecule has 2 fully saturated rings. The molecule has 3 nitrogen and oxygen atoms in total. The summed E-state index contributed by atoms with van der Waals surface area (Å²) in [5, 5.41) is 0. The molecule has 1 saturated heterocycles. The third-order valence-corrected chi connectivity index (χ3v) is 4.33. The predicted octanol–water partition coefficient (Wildman–Crippen LogP) is 2.93. The summed E-state index contributed by atoms with van der Waals surface area (Å²) in [7, 11) is 0. The van der Waals surface area contributed by atoms with Crippen molar-refractivity contribution in [3.63, 3.8) is 0 Å². The van der Waals surface area contributed by atoms with Crippen molar-refractivity contribution in [2.75, 3.05) is 13.1 Å². The molecular formula is C15H25NO2. The van der Waals surface area contributed by atoms with Gasteiger partial charge in [-0.1, -0.05) is 32.1 Å². The van der Waals surface area contributed by atoms with Crippen LogP contribution in [-0.2, 0) is 9.59 Å². The molecule has 0 unspecified atom stereocenters. The lowest BCUT2D eigenvalue weighted by Crippen LogP contribution is -2.39. The van der Waals surface area contributed by atoms with E-state index in [1.54, 1.807) is 0 Å². The van der Waals surface area contributed by atoms with Crippen molar-refractivity contribution < 1.29 is 9.59 Å². The van der Waals surface area contributed by atoms with Crippen LogP contribution in [0, 0.1) is 5.92 Å². The van der Waals surface area contributed by atoms with Gasteiger partial charge in [-0.25, -0.2) is 0 Å². The van der Waals surface area contributed by atoms with Gasteiger partial charge in [0.05, 0.1) is 6.54 Å². The van der Waals surface area contributed by atoms with Crippen molar-refractivity contribution >= 4 is 11.7 Å². The summed E-state index contributed by atoms with van der Waals surface area (Å²) >= 11 is 0. The number of ketones is 1. The average molecular weight is 251 g/mol. The molecule has 1 saturated carbocycles. The van der Waals surface area contributed by atoms with Gasteiger partial charge < -0.3 is 4.90 Å². The molecule has 1 heterocycles. The van der Waals surface area contributed by atoms with Crippen LogP contribution in [0.3, 0.4) is 0 Å². The number of hydrogen-bond donors (Lipinski definition) is 0. The highest BCUT2D eigenvalue weighted by molar-refractivity contribution is 5.87. The largest absolute Gasteiger partial charge is 0.335 e. The van der Waals surface area contributed by atoms with Crippen molar-refractivity contribution in [3.8, 4) is 0 Å². The Hall–Kier alpha value is -0.860. The molecule has 102 valence electrons. The third kappa shape index (κ3) is 3.82. The van der Waals surface area contributed by atoms with E-state index < -0.39 is 0 Å². The highest BCUT2D eigenvalue weighted by Crippen LogP contribution is 2.25. The molecule has 0 spiro atoms. The van der Waals surface area contributed by atoms with E-state index in [4.69, 9.17) is 0 Å². The first-order valence-electron chi connectivity index (χ1n) is 7.58. The van der Waals surface area contributed by atoms with Crippen molar-refractivity contribution in [2.45, 2.75) is 64.2 Å². The molecule has 18 heavy (non-hydrogen) atoms. The molecule has 0 bridgehead atoms. The van der Waals surface area contributed by atoms with Gasteiger partial charge in [-0.15, -0.1) is 0 Å². The molecule has 2 rings (SSSR count). The SMILES string of the molecule is O=C(CN1CCCCCCC1=O)C1CCCCC1. The highest BCUT2D eigenvalue weighted by Gasteiger charge is 2.25. The summed E-state index contributed by atoms with van der Waals surface area (Å²) in [5.41, 5.74) is 0. The van der Waals surface area contributed by atoms with Gasteiger partial charge >= 0.3 is 0 Å². The Kier molecular flexibility index (Phi) is 5.21. The van der Waals surface area contributed by atoms with E-state index in [9.17, 15) is 9.59 Å². The number of carbonyl (C=O) groups excluding carboxylic acids is 2. The minimum atomic E-state index is 0.193. The fourth-order valence-electron chi connectivity index (χ4n) is 3.12. The second kappa shape index (κ2) is 6.91.